The number of hydrogen-bond donors (Lipinski definition) is 2. The standard InChI is InChI=1S/C15H9Cl2N3O3/c16-9-5-3-7-11(12(9)17)18-15(22)23-14-13(21)8-4-1-2-6-10(8)19-20-14/h1-7H,(H,18,22)(H,19,21). The second kappa shape index (κ2) is 6.28. The Kier molecular flexibility index (Phi) is 4.18. The molecule has 1 amide bonds. The summed E-state index contributed by atoms with van der Waals surface area (Å²) in [6.45, 7) is 0. The number of benzene rings is 2. The summed E-state index contributed by atoms with van der Waals surface area (Å²) in [4.78, 5) is 11.9. The second-order valence-electron chi connectivity index (χ2n) is 4.49. The van der Waals surface area contributed by atoms with Crippen LogP contribution in [0.3, 0.4) is 0 Å². The van der Waals surface area contributed by atoms with Crippen molar-refractivity contribution in [3.8, 4) is 11.6 Å². The molecule has 1 heterocycles. The lowest BCUT2D eigenvalue weighted by Crippen LogP contribution is -2.18. The van der Waals surface area contributed by atoms with Crippen LogP contribution in [0.5, 0.6) is 11.6 Å². The highest BCUT2D eigenvalue weighted by molar-refractivity contribution is 6.43. The first-order chi connectivity index (χ1) is 11.1. The van der Waals surface area contributed by atoms with Crippen LogP contribution in [0, 0.1) is 0 Å². The van der Waals surface area contributed by atoms with Crippen LogP contribution >= 0.6 is 23.2 Å². The Labute approximate surface area is 140 Å². The maximum absolute atomic E-state index is 11.9. The predicted octanol–water partition coefficient (Wildman–Crippen LogP) is 4.25. The van der Waals surface area contributed by atoms with Crippen LogP contribution in [0.1, 0.15) is 0 Å². The average molecular weight is 350 g/mol. The molecule has 116 valence electrons. The van der Waals surface area contributed by atoms with Gasteiger partial charge >= 0.3 is 6.09 Å². The predicted molar refractivity (Wildman–Crippen MR) is 87.3 cm³/mol. The molecule has 0 saturated carbocycles. The zero-order chi connectivity index (χ0) is 16.4. The van der Waals surface area contributed by atoms with Gasteiger partial charge in [0.05, 0.1) is 21.2 Å². The molecule has 0 aliphatic heterocycles. The molecule has 3 rings (SSSR count). The zero-order valence-corrected chi connectivity index (χ0v) is 13.0. The first-order valence-electron chi connectivity index (χ1n) is 6.43. The quantitative estimate of drug-likeness (QED) is 0.722. The molecule has 0 atom stereocenters. The SMILES string of the molecule is O=C(Nc1cccc(Cl)c1Cl)Oc1nnc2ccccc2c1O. The smallest absolute Gasteiger partial charge is 0.418 e. The third-order valence-corrected chi connectivity index (χ3v) is 3.81. The molecule has 6 nitrogen and oxygen atoms in total. The molecule has 23 heavy (non-hydrogen) atoms. The van der Waals surface area contributed by atoms with Gasteiger partial charge < -0.3 is 9.84 Å². The summed E-state index contributed by atoms with van der Waals surface area (Å²) in [6, 6.07) is 11.6. The number of nitrogens with one attached hydrogen (secondary N) is 1. The van der Waals surface area contributed by atoms with Crippen LogP contribution in [0.15, 0.2) is 42.5 Å². The fourth-order valence-corrected chi connectivity index (χ4v) is 2.26. The number of fused-ring (bicyclic) bond motifs is 1. The molecular formula is C15H9Cl2N3O3. The first kappa shape index (κ1) is 15.3. The van der Waals surface area contributed by atoms with Gasteiger partial charge in [-0.3, -0.25) is 5.32 Å². The van der Waals surface area contributed by atoms with Crippen LogP contribution in [0.2, 0.25) is 10.0 Å². The highest BCUT2D eigenvalue weighted by Gasteiger charge is 2.16. The number of anilines is 1. The van der Waals surface area contributed by atoms with Gasteiger partial charge in [0, 0.05) is 5.39 Å². The molecule has 3 aromatic rings. The molecule has 0 fully saturated rings. The number of carbonyl (C=O) groups is 1. The van der Waals surface area contributed by atoms with Gasteiger partial charge in [-0.25, -0.2) is 4.79 Å². The molecule has 2 aromatic carbocycles. The summed E-state index contributed by atoms with van der Waals surface area (Å²) in [5.41, 5.74) is 0.757. The number of aromatic hydroxyl groups is 1. The van der Waals surface area contributed by atoms with Gasteiger partial charge in [0.2, 0.25) is 0 Å². The Hall–Kier alpha value is -2.57. The van der Waals surface area contributed by atoms with Crippen LogP contribution in [0.4, 0.5) is 10.5 Å². The van der Waals surface area contributed by atoms with Crippen molar-refractivity contribution >= 4 is 45.9 Å². The summed E-state index contributed by atoms with van der Waals surface area (Å²) in [5, 5.41) is 21.0. The first-order valence-corrected chi connectivity index (χ1v) is 7.19. The van der Waals surface area contributed by atoms with Crippen LogP contribution in [0.25, 0.3) is 10.9 Å². The van der Waals surface area contributed by atoms with Crippen molar-refractivity contribution in [2.24, 2.45) is 0 Å². The number of aromatic nitrogens is 2. The Bertz CT molecular complexity index is 902. The van der Waals surface area contributed by atoms with E-state index in [9.17, 15) is 9.90 Å². The largest absolute Gasteiger partial charge is 0.503 e. The maximum atomic E-state index is 11.9. The molecule has 8 heteroatoms. The summed E-state index contributed by atoms with van der Waals surface area (Å²) >= 11 is 11.8. The maximum Gasteiger partial charge on any atom is 0.418 e. The van der Waals surface area contributed by atoms with Gasteiger partial charge in [-0.05, 0) is 24.3 Å². The van der Waals surface area contributed by atoms with Crippen LogP contribution in [-0.2, 0) is 0 Å². The molecule has 0 bridgehead atoms. The van der Waals surface area contributed by atoms with Crippen molar-refractivity contribution in [1.29, 1.82) is 0 Å². The van der Waals surface area contributed by atoms with E-state index in [0.717, 1.165) is 0 Å². The lowest BCUT2D eigenvalue weighted by Gasteiger charge is -2.09. The normalized spacial score (nSPS) is 10.5. The topological polar surface area (TPSA) is 84.3 Å². The number of hydrogen-bond acceptors (Lipinski definition) is 5. The molecule has 0 aliphatic carbocycles. The fraction of sp³-hybridized carbons (Fsp3) is 0. The molecule has 1 aromatic heterocycles. The molecule has 0 saturated heterocycles. The van der Waals surface area contributed by atoms with E-state index in [1.807, 2.05) is 0 Å². The van der Waals surface area contributed by atoms with E-state index < -0.39 is 6.09 Å². The third-order valence-electron chi connectivity index (χ3n) is 2.99. The number of rotatable bonds is 2. The number of ether oxygens (including phenoxy) is 1. The van der Waals surface area contributed by atoms with Gasteiger partial charge in [-0.15, -0.1) is 10.2 Å². The molecule has 0 radical (unpaired) electrons. The van der Waals surface area contributed by atoms with Gasteiger partial charge in [0.25, 0.3) is 5.88 Å². The van der Waals surface area contributed by atoms with E-state index >= 15 is 0 Å². The van der Waals surface area contributed by atoms with E-state index in [1.54, 1.807) is 42.5 Å². The number of carbonyl (C=O) groups excluding carboxylic acids is 1. The summed E-state index contributed by atoms with van der Waals surface area (Å²) in [7, 11) is 0. The Morgan fingerprint density at radius 1 is 1.09 bits per heavy atom. The minimum Gasteiger partial charge on any atom is -0.503 e. The number of halogens is 2. The summed E-state index contributed by atoms with van der Waals surface area (Å²) in [5.74, 6) is -0.581. The summed E-state index contributed by atoms with van der Waals surface area (Å²) < 4.78 is 4.98. The fourth-order valence-electron chi connectivity index (χ4n) is 1.92. The van der Waals surface area contributed by atoms with Crippen molar-refractivity contribution in [1.82, 2.24) is 10.2 Å². The average Bonchev–Trinajstić information content (AvgIpc) is 2.55. The second-order valence-corrected chi connectivity index (χ2v) is 5.27. The highest BCUT2D eigenvalue weighted by atomic mass is 35.5. The lowest BCUT2D eigenvalue weighted by atomic mass is 10.2. The minimum atomic E-state index is -0.881. The molecular weight excluding hydrogens is 341 g/mol. The van der Waals surface area contributed by atoms with Gasteiger partial charge in [-0.2, -0.15) is 0 Å². The van der Waals surface area contributed by atoms with E-state index in [2.05, 4.69) is 15.5 Å². The van der Waals surface area contributed by atoms with E-state index in [0.29, 0.717) is 10.9 Å². The number of amides is 1. The van der Waals surface area contributed by atoms with Crippen LogP contribution in [-0.4, -0.2) is 21.4 Å². The van der Waals surface area contributed by atoms with Gasteiger partial charge in [-0.1, -0.05) is 41.4 Å². The van der Waals surface area contributed by atoms with E-state index in [1.165, 1.54) is 0 Å². The number of nitrogens with zero attached hydrogens (tertiary/aromatic N) is 2. The van der Waals surface area contributed by atoms with Crippen molar-refractivity contribution < 1.29 is 14.6 Å². The Morgan fingerprint density at radius 3 is 2.70 bits per heavy atom. The van der Waals surface area contributed by atoms with E-state index in [-0.39, 0.29) is 27.4 Å². The lowest BCUT2D eigenvalue weighted by molar-refractivity contribution is 0.210. The summed E-state index contributed by atoms with van der Waals surface area (Å²) in [6.07, 6.45) is -0.881. The third kappa shape index (κ3) is 3.13. The molecule has 2 N–H and O–H groups in total. The monoisotopic (exact) mass is 349 g/mol. The van der Waals surface area contributed by atoms with Crippen molar-refractivity contribution in [3.63, 3.8) is 0 Å². The zero-order valence-electron chi connectivity index (χ0n) is 11.5. The minimum absolute atomic E-state index is 0.180. The molecule has 0 unspecified atom stereocenters. The van der Waals surface area contributed by atoms with Crippen molar-refractivity contribution in [3.05, 3.63) is 52.5 Å². The Morgan fingerprint density at radius 2 is 1.87 bits per heavy atom. The van der Waals surface area contributed by atoms with E-state index in [4.69, 9.17) is 27.9 Å². The van der Waals surface area contributed by atoms with Crippen molar-refractivity contribution in [2.45, 2.75) is 0 Å². The molecule has 0 spiro atoms. The molecule has 0 aliphatic rings. The van der Waals surface area contributed by atoms with Crippen LogP contribution < -0.4 is 10.1 Å². The van der Waals surface area contributed by atoms with Crippen molar-refractivity contribution in [2.75, 3.05) is 5.32 Å². The highest BCUT2D eigenvalue weighted by Crippen LogP contribution is 2.32. The Balaban J connectivity index is 1.83. The van der Waals surface area contributed by atoms with Gasteiger partial charge in [0.15, 0.2) is 5.75 Å². The van der Waals surface area contributed by atoms with Gasteiger partial charge in [0.1, 0.15) is 0 Å².